The molecule has 1 saturated heterocycles. The van der Waals surface area contributed by atoms with Gasteiger partial charge in [-0.25, -0.2) is 0 Å². The summed E-state index contributed by atoms with van der Waals surface area (Å²) in [5, 5.41) is -1.24. The first-order valence-electron chi connectivity index (χ1n) is 6.36. The van der Waals surface area contributed by atoms with Gasteiger partial charge < -0.3 is 9.80 Å². The van der Waals surface area contributed by atoms with Crippen LogP contribution in [0.1, 0.15) is 16.8 Å². The fourth-order valence-corrected chi connectivity index (χ4v) is 3.12. The van der Waals surface area contributed by atoms with E-state index in [0.29, 0.717) is 5.69 Å². The third-order valence-corrected chi connectivity index (χ3v) is 4.81. The Labute approximate surface area is 132 Å². The highest BCUT2D eigenvalue weighted by atomic mass is 35.5. The molecule has 0 saturated carbocycles. The van der Waals surface area contributed by atoms with Gasteiger partial charge in [-0.15, -0.1) is 3.89 Å². The van der Waals surface area contributed by atoms with Crippen molar-refractivity contribution in [3.05, 3.63) is 28.8 Å². The molecule has 1 heterocycles. The zero-order valence-electron chi connectivity index (χ0n) is 11.9. The predicted octanol–water partition coefficient (Wildman–Crippen LogP) is 1.45. The van der Waals surface area contributed by atoms with E-state index in [2.05, 4.69) is 0 Å². The summed E-state index contributed by atoms with van der Waals surface area (Å²) in [6, 6.07) is 4.32. The predicted molar refractivity (Wildman–Crippen MR) is 80.3 cm³/mol. The van der Waals surface area contributed by atoms with Crippen molar-refractivity contribution in [1.29, 1.82) is 0 Å². The van der Waals surface area contributed by atoms with E-state index in [1.165, 1.54) is 23.1 Å². The molecule has 1 aliphatic heterocycles. The molecule has 6 nitrogen and oxygen atoms in total. The third-order valence-electron chi connectivity index (χ3n) is 3.39. The monoisotopic (exact) mass is 348 g/mol. The van der Waals surface area contributed by atoms with Crippen LogP contribution in [0.25, 0.3) is 0 Å². The Kier molecular flexibility index (Phi) is 4.44. The Bertz CT molecular complexity index is 736. The molecule has 9 heteroatoms. The van der Waals surface area contributed by atoms with E-state index in [4.69, 9.17) is 11.6 Å². The van der Waals surface area contributed by atoms with E-state index in [1.54, 1.807) is 14.1 Å². The molecule has 22 heavy (non-hydrogen) atoms. The quantitative estimate of drug-likeness (QED) is 0.775. The van der Waals surface area contributed by atoms with E-state index in [0.717, 1.165) is 4.90 Å². The fourth-order valence-electron chi connectivity index (χ4n) is 2.20. The van der Waals surface area contributed by atoms with Gasteiger partial charge in [-0.3, -0.25) is 9.59 Å². The average molecular weight is 349 g/mol. The van der Waals surface area contributed by atoms with Crippen molar-refractivity contribution in [1.82, 2.24) is 4.90 Å². The molecule has 0 radical (unpaired) electrons. The van der Waals surface area contributed by atoms with Crippen molar-refractivity contribution in [3.63, 3.8) is 0 Å². The van der Waals surface area contributed by atoms with Crippen molar-refractivity contribution >= 4 is 39.3 Å². The lowest BCUT2D eigenvalue weighted by Crippen LogP contribution is -2.27. The first-order valence-corrected chi connectivity index (χ1v) is 8.18. The van der Waals surface area contributed by atoms with E-state index in [-0.39, 0.29) is 23.0 Å². The van der Waals surface area contributed by atoms with Crippen LogP contribution in [-0.2, 0) is 15.0 Å². The second-order valence-corrected chi connectivity index (χ2v) is 7.19. The topological polar surface area (TPSA) is 74.8 Å². The molecular weight excluding hydrogens is 335 g/mol. The Morgan fingerprint density at radius 2 is 2.05 bits per heavy atom. The summed E-state index contributed by atoms with van der Waals surface area (Å²) in [6.45, 7) is -0.269. The van der Waals surface area contributed by atoms with Gasteiger partial charge in [0.2, 0.25) is 5.91 Å². The van der Waals surface area contributed by atoms with Gasteiger partial charge in [0, 0.05) is 32.7 Å². The van der Waals surface area contributed by atoms with E-state index < -0.39 is 27.8 Å². The number of hydrogen-bond acceptors (Lipinski definition) is 4. The highest BCUT2D eigenvalue weighted by Crippen LogP contribution is 2.29. The SMILES string of the molecule is CN(C)C(=O)c1ccc(N2CC(S(=O)(=O)F)CC2=O)cc1Cl. The summed E-state index contributed by atoms with van der Waals surface area (Å²) in [5.74, 6) is -0.803. The van der Waals surface area contributed by atoms with Crippen LogP contribution in [0.15, 0.2) is 18.2 Å². The zero-order chi connectivity index (χ0) is 16.7. The van der Waals surface area contributed by atoms with Gasteiger partial charge in [0.1, 0.15) is 5.25 Å². The lowest BCUT2D eigenvalue weighted by atomic mass is 10.1. The molecule has 1 aromatic carbocycles. The minimum absolute atomic E-state index is 0.135. The first kappa shape index (κ1) is 16.7. The van der Waals surface area contributed by atoms with Crippen molar-refractivity contribution in [2.75, 3.05) is 25.5 Å². The molecule has 1 atom stereocenters. The number of carbonyl (C=O) groups excluding carboxylic acids is 2. The molecule has 1 aliphatic rings. The second kappa shape index (κ2) is 5.85. The molecule has 1 aromatic rings. The fraction of sp³-hybridized carbons (Fsp3) is 0.385. The number of benzene rings is 1. The maximum absolute atomic E-state index is 13.0. The summed E-state index contributed by atoms with van der Waals surface area (Å²) in [6.07, 6.45) is -0.408. The third kappa shape index (κ3) is 3.22. The average Bonchev–Trinajstić information content (AvgIpc) is 2.80. The Balaban J connectivity index is 2.30. The van der Waals surface area contributed by atoms with Gasteiger partial charge in [-0.2, -0.15) is 8.42 Å². The molecule has 1 fully saturated rings. The maximum atomic E-state index is 13.0. The molecule has 1 unspecified atom stereocenters. The van der Waals surface area contributed by atoms with Crippen molar-refractivity contribution in [2.45, 2.75) is 11.7 Å². The summed E-state index contributed by atoms with van der Waals surface area (Å²) >= 11 is 6.04. The summed E-state index contributed by atoms with van der Waals surface area (Å²) in [5.41, 5.74) is 0.591. The van der Waals surface area contributed by atoms with Crippen molar-refractivity contribution in [3.8, 4) is 0 Å². The van der Waals surface area contributed by atoms with Gasteiger partial charge in [0.15, 0.2) is 0 Å². The maximum Gasteiger partial charge on any atom is 0.307 e. The van der Waals surface area contributed by atoms with Crippen LogP contribution in [0.5, 0.6) is 0 Å². The van der Waals surface area contributed by atoms with Crippen molar-refractivity contribution in [2.24, 2.45) is 0 Å². The van der Waals surface area contributed by atoms with E-state index in [9.17, 15) is 21.9 Å². The molecule has 0 spiro atoms. The minimum atomic E-state index is -4.78. The highest BCUT2D eigenvalue weighted by Gasteiger charge is 2.39. The van der Waals surface area contributed by atoms with Gasteiger partial charge >= 0.3 is 10.2 Å². The molecule has 0 aromatic heterocycles. The summed E-state index contributed by atoms with van der Waals surface area (Å²) in [4.78, 5) is 26.2. The van der Waals surface area contributed by atoms with Crippen LogP contribution in [0, 0.1) is 0 Å². The molecular formula is C13H14ClFN2O4S. The number of rotatable bonds is 3. The Morgan fingerprint density at radius 1 is 1.41 bits per heavy atom. The number of nitrogens with zero attached hydrogens (tertiary/aromatic N) is 2. The Hall–Kier alpha value is -1.67. The van der Waals surface area contributed by atoms with Crippen LogP contribution in [-0.4, -0.2) is 51.0 Å². The van der Waals surface area contributed by atoms with Crippen LogP contribution < -0.4 is 4.90 Å². The van der Waals surface area contributed by atoms with Crippen LogP contribution in [0.2, 0.25) is 5.02 Å². The normalized spacial score (nSPS) is 18.6. The number of anilines is 1. The molecule has 2 rings (SSSR count). The summed E-state index contributed by atoms with van der Waals surface area (Å²) < 4.78 is 34.9. The standard InChI is InChI=1S/C13H14ClFN2O4S/c1-16(2)13(19)10-4-3-8(5-11(10)14)17-7-9(6-12(17)18)22(15,20)21/h3-5,9H,6-7H2,1-2H3. The summed E-state index contributed by atoms with van der Waals surface area (Å²) in [7, 11) is -1.62. The largest absolute Gasteiger partial charge is 0.345 e. The molecule has 2 amide bonds. The number of amides is 2. The number of halogens is 2. The lowest BCUT2D eigenvalue weighted by molar-refractivity contribution is -0.117. The van der Waals surface area contributed by atoms with Crippen LogP contribution in [0.3, 0.4) is 0 Å². The lowest BCUT2D eigenvalue weighted by Gasteiger charge is -2.18. The molecule has 0 N–H and O–H groups in total. The highest BCUT2D eigenvalue weighted by molar-refractivity contribution is 7.87. The van der Waals surface area contributed by atoms with E-state index in [1.807, 2.05) is 0 Å². The van der Waals surface area contributed by atoms with E-state index >= 15 is 0 Å². The van der Waals surface area contributed by atoms with Gasteiger partial charge in [-0.05, 0) is 18.2 Å². The first-order chi connectivity index (χ1) is 10.1. The molecule has 120 valence electrons. The number of hydrogen-bond donors (Lipinski definition) is 0. The Morgan fingerprint density at radius 3 is 2.50 bits per heavy atom. The zero-order valence-corrected chi connectivity index (χ0v) is 13.5. The van der Waals surface area contributed by atoms with Gasteiger partial charge in [-0.1, -0.05) is 11.6 Å². The second-order valence-electron chi connectivity index (χ2n) is 5.17. The van der Waals surface area contributed by atoms with Gasteiger partial charge in [0.05, 0.1) is 10.6 Å². The minimum Gasteiger partial charge on any atom is -0.345 e. The van der Waals surface area contributed by atoms with Gasteiger partial charge in [0.25, 0.3) is 5.91 Å². The number of carbonyl (C=O) groups is 2. The smallest absolute Gasteiger partial charge is 0.307 e. The van der Waals surface area contributed by atoms with Crippen LogP contribution >= 0.6 is 11.6 Å². The molecule has 0 aliphatic carbocycles. The molecule has 0 bridgehead atoms. The van der Waals surface area contributed by atoms with Crippen LogP contribution in [0.4, 0.5) is 9.57 Å². The van der Waals surface area contributed by atoms with Crippen molar-refractivity contribution < 1.29 is 21.9 Å².